The standard InChI is InChI=1S/C21H22ClFN2OS/c22-18-7-3-2-6-17(18)21-25(11-12-27-21)20(26)14-24(16-9-10-16)13-15-5-1-4-8-19(15)23/h1-8,16,21H,9-14H2/p+1/t21-/m1/s1. The van der Waals surface area contributed by atoms with Crippen molar-refractivity contribution in [3.63, 3.8) is 0 Å². The summed E-state index contributed by atoms with van der Waals surface area (Å²) < 4.78 is 14.1. The lowest BCUT2D eigenvalue weighted by Crippen LogP contribution is -3.13. The van der Waals surface area contributed by atoms with Crippen molar-refractivity contribution < 1.29 is 14.1 Å². The third kappa shape index (κ3) is 4.31. The van der Waals surface area contributed by atoms with Crippen molar-refractivity contribution in [3.8, 4) is 0 Å². The van der Waals surface area contributed by atoms with Gasteiger partial charge in [0.25, 0.3) is 5.91 Å². The average molecular weight is 406 g/mol. The molecular weight excluding hydrogens is 383 g/mol. The van der Waals surface area contributed by atoms with Crippen LogP contribution in [0.25, 0.3) is 0 Å². The van der Waals surface area contributed by atoms with Gasteiger partial charge in [-0.25, -0.2) is 4.39 Å². The largest absolute Gasteiger partial charge is 0.321 e. The first-order chi connectivity index (χ1) is 13.1. The Morgan fingerprint density at radius 2 is 1.93 bits per heavy atom. The summed E-state index contributed by atoms with van der Waals surface area (Å²) in [7, 11) is 0. The van der Waals surface area contributed by atoms with Crippen molar-refractivity contribution >= 4 is 29.3 Å². The maximum absolute atomic E-state index is 14.1. The van der Waals surface area contributed by atoms with Gasteiger partial charge >= 0.3 is 0 Å². The molecule has 2 aliphatic rings. The van der Waals surface area contributed by atoms with Gasteiger partial charge in [0.2, 0.25) is 0 Å². The van der Waals surface area contributed by atoms with Crippen LogP contribution in [0, 0.1) is 5.82 Å². The summed E-state index contributed by atoms with van der Waals surface area (Å²) in [5.74, 6) is 0.852. The molecule has 27 heavy (non-hydrogen) atoms. The van der Waals surface area contributed by atoms with E-state index in [4.69, 9.17) is 11.6 Å². The fourth-order valence-corrected chi connectivity index (χ4v) is 5.30. The zero-order chi connectivity index (χ0) is 18.8. The molecule has 2 atom stereocenters. The number of carbonyl (C=O) groups excluding carboxylic acids is 1. The molecule has 1 saturated carbocycles. The molecule has 2 fully saturated rings. The summed E-state index contributed by atoms with van der Waals surface area (Å²) in [4.78, 5) is 16.2. The van der Waals surface area contributed by atoms with Gasteiger partial charge in [-0.3, -0.25) is 4.79 Å². The zero-order valence-corrected chi connectivity index (χ0v) is 16.6. The molecular formula is C21H23ClFN2OS+. The smallest absolute Gasteiger partial charge is 0.278 e. The Hall–Kier alpha value is -1.56. The van der Waals surface area contributed by atoms with Gasteiger partial charge < -0.3 is 9.80 Å². The van der Waals surface area contributed by atoms with E-state index in [0.717, 1.165) is 30.7 Å². The highest BCUT2D eigenvalue weighted by molar-refractivity contribution is 7.99. The second-order valence-electron chi connectivity index (χ2n) is 7.21. The van der Waals surface area contributed by atoms with Crippen LogP contribution in [0.4, 0.5) is 4.39 Å². The van der Waals surface area contributed by atoms with Gasteiger partial charge in [0.15, 0.2) is 6.54 Å². The lowest BCUT2D eigenvalue weighted by molar-refractivity contribution is -0.917. The molecule has 0 spiro atoms. The van der Waals surface area contributed by atoms with E-state index in [0.29, 0.717) is 29.7 Å². The minimum absolute atomic E-state index is 0.0277. The summed E-state index contributed by atoms with van der Waals surface area (Å²) in [6.45, 7) is 1.69. The van der Waals surface area contributed by atoms with Crippen LogP contribution < -0.4 is 4.90 Å². The van der Waals surface area contributed by atoms with Gasteiger partial charge in [-0.2, -0.15) is 0 Å². The summed E-state index contributed by atoms with van der Waals surface area (Å²) in [5.41, 5.74) is 1.68. The molecule has 1 aliphatic heterocycles. The normalized spacial score (nSPS) is 20.7. The van der Waals surface area contributed by atoms with Crippen molar-refractivity contribution in [1.29, 1.82) is 0 Å². The zero-order valence-electron chi connectivity index (χ0n) is 15.0. The molecule has 1 aliphatic carbocycles. The van der Waals surface area contributed by atoms with Gasteiger partial charge in [-0.15, -0.1) is 11.8 Å². The second-order valence-corrected chi connectivity index (χ2v) is 8.80. The number of thioether (sulfide) groups is 1. The molecule has 142 valence electrons. The van der Waals surface area contributed by atoms with Crippen LogP contribution in [-0.4, -0.2) is 35.7 Å². The van der Waals surface area contributed by atoms with Crippen molar-refractivity contribution in [3.05, 3.63) is 70.5 Å². The average Bonchev–Trinajstić information content (AvgIpc) is 3.40. The number of quaternary nitrogens is 1. The van der Waals surface area contributed by atoms with Gasteiger partial charge in [-0.1, -0.05) is 48.0 Å². The van der Waals surface area contributed by atoms with E-state index in [1.807, 2.05) is 41.3 Å². The van der Waals surface area contributed by atoms with E-state index < -0.39 is 0 Å². The molecule has 2 aromatic rings. The van der Waals surface area contributed by atoms with E-state index in [9.17, 15) is 9.18 Å². The quantitative estimate of drug-likeness (QED) is 0.797. The Bertz CT molecular complexity index is 829. The first-order valence-corrected chi connectivity index (χ1v) is 10.8. The predicted molar refractivity (Wildman–Crippen MR) is 107 cm³/mol. The van der Waals surface area contributed by atoms with E-state index >= 15 is 0 Å². The molecule has 4 rings (SSSR count). The van der Waals surface area contributed by atoms with E-state index in [1.165, 1.54) is 11.0 Å². The Morgan fingerprint density at radius 1 is 1.19 bits per heavy atom. The van der Waals surface area contributed by atoms with Crippen molar-refractivity contribution in [2.24, 2.45) is 0 Å². The molecule has 1 amide bonds. The number of hydrogen-bond donors (Lipinski definition) is 1. The third-order valence-electron chi connectivity index (χ3n) is 5.29. The molecule has 3 nitrogen and oxygen atoms in total. The highest BCUT2D eigenvalue weighted by Gasteiger charge is 2.38. The molecule has 1 heterocycles. The van der Waals surface area contributed by atoms with Crippen molar-refractivity contribution in [2.45, 2.75) is 30.8 Å². The van der Waals surface area contributed by atoms with Gasteiger partial charge in [-0.05, 0) is 12.1 Å². The van der Waals surface area contributed by atoms with Crippen molar-refractivity contribution in [2.75, 3.05) is 18.8 Å². The minimum Gasteiger partial charge on any atom is -0.321 e. The van der Waals surface area contributed by atoms with Gasteiger partial charge in [0, 0.05) is 41.3 Å². The van der Waals surface area contributed by atoms with Crippen LogP contribution in [-0.2, 0) is 11.3 Å². The molecule has 0 bridgehead atoms. The number of halogens is 2. The number of amides is 1. The molecule has 1 N–H and O–H groups in total. The first kappa shape index (κ1) is 18.8. The van der Waals surface area contributed by atoms with Crippen LogP contribution in [0.2, 0.25) is 5.02 Å². The first-order valence-electron chi connectivity index (χ1n) is 9.37. The number of carbonyl (C=O) groups is 1. The summed E-state index contributed by atoms with van der Waals surface area (Å²) >= 11 is 8.12. The summed E-state index contributed by atoms with van der Waals surface area (Å²) in [6, 6.07) is 15.1. The molecule has 1 unspecified atom stereocenters. The summed E-state index contributed by atoms with van der Waals surface area (Å²) in [6.07, 6.45) is 2.22. The maximum atomic E-state index is 14.1. The van der Waals surface area contributed by atoms with Crippen molar-refractivity contribution in [1.82, 2.24) is 4.90 Å². The van der Waals surface area contributed by atoms with Crippen LogP contribution in [0.15, 0.2) is 48.5 Å². The number of nitrogens with zero attached hydrogens (tertiary/aromatic N) is 1. The lowest BCUT2D eigenvalue weighted by atomic mass is 10.2. The fourth-order valence-electron chi connectivity index (χ4n) is 3.68. The number of nitrogens with one attached hydrogen (secondary N) is 1. The monoisotopic (exact) mass is 405 g/mol. The molecule has 0 radical (unpaired) electrons. The van der Waals surface area contributed by atoms with Gasteiger partial charge in [0.05, 0.1) is 6.04 Å². The van der Waals surface area contributed by atoms with Crippen LogP contribution in [0.3, 0.4) is 0 Å². The highest BCUT2D eigenvalue weighted by Crippen LogP contribution is 2.40. The SMILES string of the molecule is O=C(C[NH+](Cc1ccccc1F)C1CC1)N1CCS[C@@H]1c1ccccc1Cl. The van der Waals surface area contributed by atoms with E-state index in [-0.39, 0.29) is 17.1 Å². The van der Waals surface area contributed by atoms with Gasteiger partial charge in [0.1, 0.15) is 17.7 Å². The lowest BCUT2D eigenvalue weighted by Gasteiger charge is -2.27. The molecule has 0 aromatic heterocycles. The third-order valence-corrected chi connectivity index (χ3v) is 6.88. The summed E-state index contributed by atoms with van der Waals surface area (Å²) in [5, 5.41) is 0.674. The van der Waals surface area contributed by atoms with Crippen LogP contribution in [0.1, 0.15) is 29.3 Å². The highest BCUT2D eigenvalue weighted by atomic mass is 35.5. The molecule has 6 heteroatoms. The second kappa shape index (κ2) is 8.21. The predicted octanol–water partition coefficient (Wildman–Crippen LogP) is 3.30. The molecule has 1 saturated heterocycles. The minimum atomic E-state index is -0.186. The fraction of sp³-hybridized carbons (Fsp3) is 0.381. The Kier molecular flexibility index (Phi) is 5.71. The Balaban J connectivity index is 1.48. The topological polar surface area (TPSA) is 24.8 Å². The maximum Gasteiger partial charge on any atom is 0.278 e. The number of rotatable bonds is 6. The van der Waals surface area contributed by atoms with E-state index in [2.05, 4.69) is 0 Å². The molecule has 2 aromatic carbocycles. The van der Waals surface area contributed by atoms with Crippen LogP contribution >= 0.6 is 23.4 Å². The number of hydrogen-bond acceptors (Lipinski definition) is 2. The Labute approximate surface area is 168 Å². The Morgan fingerprint density at radius 3 is 2.67 bits per heavy atom. The van der Waals surface area contributed by atoms with Crippen LogP contribution in [0.5, 0.6) is 0 Å². The number of benzene rings is 2. The van der Waals surface area contributed by atoms with E-state index in [1.54, 1.807) is 17.8 Å².